The molecule has 6 heteroatoms. The molecule has 0 bridgehead atoms. The molecule has 0 radical (unpaired) electrons. The summed E-state index contributed by atoms with van der Waals surface area (Å²) >= 11 is 0. The van der Waals surface area contributed by atoms with E-state index in [0.29, 0.717) is 36.7 Å². The predicted molar refractivity (Wildman–Crippen MR) is 121 cm³/mol. The zero-order chi connectivity index (χ0) is 22.4. The van der Waals surface area contributed by atoms with E-state index in [9.17, 15) is 4.79 Å². The third-order valence-electron chi connectivity index (χ3n) is 6.19. The summed E-state index contributed by atoms with van der Waals surface area (Å²) in [4.78, 5) is 15.9. The monoisotopic (exact) mass is 427 g/mol. The van der Waals surface area contributed by atoms with Crippen LogP contribution >= 0.6 is 0 Å². The molecule has 2 atom stereocenters. The summed E-state index contributed by atoms with van der Waals surface area (Å²) in [6, 6.07) is 5.91. The fourth-order valence-corrected chi connectivity index (χ4v) is 4.68. The SMILES string of the molecule is C=CC[C@@]1(C(=O)N2CCC[C@H]2COC)C=C(c2ccc(OC)c(OC)c2)CC=C1OC. The molecule has 1 heterocycles. The number of methoxy groups -OCH3 is 4. The van der Waals surface area contributed by atoms with Crippen molar-refractivity contribution in [2.75, 3.05) is 41.6 Å². The quantitative estimate of drug-likeness (QED) is 0.552. The second kappa shape index (κ2) is 10.1. The van der Waals surface area contributed by atoms with Gasteiger partial charge in [0.1, 0.15) is 11.2 Å². The van der Waals surface area contributed by atoms with Crippen LogP contribution < -0.4 is 9.47 Å². The number of carbonyl (C=O) groups is 1. The van der Waals surface area contributed by atoms with Gasteiger partial charge in [0.05, 0.1) is 34.0 Å². The minimum absolute atomic E-state index is 0.0396. The van der Waals surface area contributed by atoms with Crippen LogP contribution in [0.15, 0.2) is 48.8 Å². The van der Waals surface area contributed by atoms with Crippen molar-refractivity contribution in [3.63, 3.8) is 0 Å². The van der Waals surface area contributed by atoms with Gasteiger partial charge in [-0.05, 0) is 55.0 Å². The van der Waals surface area contributed by atoms with Crippen LogP contribution in [-0.2, 0) is 14.3 Å². The Labute approximate surface area is 185 Å². The van der Waals surface area contributed by atoms with Gasteiger partial charge in [0.15, 0.2) is 11.5 Å². The summed E-state index contributed by atoms with van der Waals surface area (Å²) in [7, 11) is 6.54. The molecular weight excluding hydrogens is 394 g/mol. The van der Waals surface area contributed by atoms with Crippen LogP contribution in [0.2, 0.25) is 0 Å². The molecule has 1 aromatic rings. The van der Waals surface area contributed by atoms with Crippen LogP contribution in [-0.4, -0.2) is 58.4 Å². The van der Waals surface area contributed by atoms with Gasteiger partial charge in [-0.1, -0.05) is 18.2 Å². The fraction of sp³-hybridized carbons (Fsp3) is 0.480. The molecule has 1 saturated heterocycles. The number of hydrogen-bond donors (Lipinski definition) is 0. The molecule has 1 amide bonds. The molecule has 0 spiro atoms. The van der Waals surface area contributed by atoms with Crippen LogP contribution in [0.4, 0.5) is 0 Å². The average molecular weight is 428 g/mol. The summed E-state index contributed by atoms with van der Waals surface area (Å²) in [5, 5.41) is 0. The van der Waals surface area contributed by atoms with Gasteiger partial charge in [-0.2, -0.15) is 0 Å². The highest BCUT2D eigenvalue weighted by Crippen LogP contribution is 2.45. The molecule has 0 aromatic heterocycles. The number of hydrogen-bond acceptors (Lipinski definition) is 5. The van der Waals surface area contributed by atoms with Gasteiger partial charge in [0.25, 0.3) is 0 Å². The largest absolute Gasteiger partial charge is 0.500 e. The van der Waals surface area contributed by atoms with Crippen molar-refractivity contribution in [1.82, 2.24) is 4.90 Å². The summed E-state index contributed by atoms with van der Waals surface area (Å²) < 4.78 is 22.0. The van der Waals surface area contributed by atoms with E-state index in [0.717, 1.165) is 30.5 Å². The van der Waals surface area contributed by atoms with E-state index in [1.54, 1.807) is 34.5 Å². The van der Waals surface area contributed by atoms with Gasteiger partial charge < -0.3 is 23.8 Å². The molecular formula is C25H33NO5. The van der Waals surface area contributed by atoms with Crippen molar-refractivity contribution < 1.29 is 23.7 Å². The lowest BCUT2D eigenvalue weighted by Gasteiger charge is -2.38. The Morgan fingerprint density at radius 2 is 1.97 bits per heavy atom. The number of carbonyl (C=O) groups excluding carboxylic acids is 1. The molecule has 0 unspecified atom stereocenters. The maximum Gasteiger partial charge on any atom is 0.240 e. The average Bonchev–Trinajstić information content (AvgIpc) is 3.26. The smallest absolute Gasteiger partial charge is 0.240 e. The van der Waals surface area contributed by atoms with Crippen LogP contribution in [0.3, 0.4) is 0 Å². The van der Waals surface area contributed by atoms with Gasteiger partial charge in [-0.25, -0.2) is 0 Å². The minimum atomic E-state index is -0.923. The van der Waals surface area contributed by atoms with Crippen LogP contribution in [0, 0.1) is 5.41 Å². The van der Waals surface area contributed by atoms with Crippen molar-refractivity contribution in [2.45, 2.75) is 31.7 Å². The van der Waals surface area contributed by atoms with E-state index < -0.39 is 5.41 Å². The molecule has 6 nitrogen and oxygen atoms in total. The molecule has 0 N–H and O–H groups in total. The molecule has 2 aliphatic rings. The van der Waals surface area contributed by atoms with E-state index >= 15 is 0 Å². The number of rotatable bonds is 9. The second-order valence-electron chi connectivity index (χ2n) is 7.93. The van der Waals surface area contributed by atoms with Gasteiger partial charge in [-0.15, -0.1) is 6.58 Å². The third kappa shape index (κ3) is 4.35. The Hall–Kier alpha value is -2.73. The van der Waals surface area contributed by atoms with Gasteiger partial charge >= 0.3 is 0 Å². The van der Waals surface area contributed by atoms with Crippen LogP contribution in [0.25, 0.3) is 5.57 Å². The van der Waals surface area contributed by atoms with E-state index in [-0.39, 0.29) is 11.9 Å². The number of amides is 1. The second-order valence-corrected chi connectivity index (χ2v) is 7.93. The summed E-state index contributed by atoms with van der Waals surface area (Å²) in [6.07, 6.45) is 8.89. The van der Waals surface area contributed by atoms with Gasteiger partial charge in [0.2, 0.25) is 5.91 Å². The number of nitrogens with zero attached hydrogens (tertiary/aromatic N) is 1. The zero-order valence-corrected chi connectivity index (χ0v) is 19.0. The molecule has 1 fully saturated rings. The van der Waals surface area contributed by atoms with Crippen molar-refractivity contribution in [3.05, 3.63) is 54.3 Å². The first-order valence-electron chi connectivity index (χ1n) is 10.6. The standard InChI is InChI=1S/C25H33NO5/c1-6-13-25(24(27)26-14-7-8-20(26)17-28-2)16-19(10-12-23(25)31-5)18-9-11-21(29-3)22(15-18)30-4/h6,9,11-12,15-16,20H,1,7-8,10,13-14,17H2,2-5H3/t20-,25+/m0/s1. The molecule has 1 aliphatic heterocycles. The topological polar surface area (TPSA) is 57.2 Å². The highest BCUT2D eigenvalue weighted by molar-refractivity contribution is 5.92. The van der Waals surface area contributed by atoms with Crippen molar-refractivity contribution in [2.24, 2.45) is 5.41 Å². The number of allylic oxidation sites excluding steroid dienone is 3. The molecule has 168 valence electrons. The lowest BCUT2D eigenvalue weighted by Crippen LogP contribution is -2.48. The Balaban J connectivity index is 2.06. The van der Waals surface area contributed by atoms with E-state index in [1.807, 2.05) is 29.2 Å². The number of benzene rings is 1. The summed E-state index contributed by atoms with van der Waals surface area (Å²) in [6.45, 7) is 5.20. The van der Waals surface area contributed by atoms with Crippen molar-refractivity contribution in [1.29, 1.82) is 0 Å². The molecule has 31 heavy (non-hydrogen) atoms. The summed E-state index contributed by atoms with van der Waals surface area (Å²) in [5.41, 5.74) is 1.10. The lowest BCUT2D eigenvalue weighted by molar-refractivity contribution is -0.141. The van der Waals surface area contributed by atoms with Crippen molar-refractivity contribution >= 4 is 11.5 Å². The third-order valence-corrected chi connectivity index (χ3v) is 6.19. The Morgan fingerprint density at radius 1 is 1.19 bits per heavy atom. The van der Waals surface area contributed by atoms with Crippen molar-refractivity contribution in [3.8, 4) is 11.5 Å². The van der Waals surface area contributed by atoms with Crippen LogP contribution in [0.1, 0.15) is 31.2 Å². The zero-order valence-electron chi connectivity index (χ0n) is 19.0. The highest BCUT2D eigenvalue weighted by Gasteiger charge is 2.47. The Morgan fingerprint density at radius 3 is 2.61 bits per heavy atom. The molecule has 3 rings (SSSR count). The minimum Gasteiger partial charge on any atom is -0.500 e. The van der Waals surface area contributed by atoms with Crippen LogP contribution in [0.5, 0.6) is 11.5 Å². The number of ether oxygens (including phenoxy) is 4. The maximum atomic E-state index is 14.0. The van der Waals surface area contributed by atoms with Gasteiger partial charge in [0, 0.05) is 13.7 Å². The number of likely N-dealkylation sites (tertiary alicyclic amines) is 1. The molecule has 1 aliphatic carbocycles. The molecule has 1 aromatic carbocycles. The Bertz CT molecular complexity index is 875. The molecule has 0 saturated carbocycles. The first-order valence-corrected chi connectivity index (χ1v) is 10.6. The predicted octanol–water partition coefficient (Wildman–Crippen LogP) is 4.22. The van der Waals surface area contributed by atoms with E-state index in [4.69, 9.17) is 18.9 Å². The van der Waals surface area contributed by atoms with Gasteiger partial charge in [-0.3, -0.25) is 4.79 Å². The van der Waals surface area contributed by atoms with E-state index in [1.165, 1.54) is 0 Å². The van der Waals surface area contributed by atoms with E-state index in [2.05, 4.69) is 12.7 Å². The summed E-state index contributed by atoms with van der Waals surface area (Å²) in [5.74, 6) is 2.04. The normalized spacial score (nSPS) is 23.1. The first-order chi connectivity index (χ1) is 15.0. The highest BCUT2D eigenvalue weighted by atomic mass is 16.5. The first kappa shape index (κ1) is 22.9. The fourth-order valence-electron chi connectivity index (χ4n) is 4.68. The maximum absolute atomic E-state index is 14.0. The Kier molecular flexibility index (Phi) is 7.44. The lowest BCUT2D eigenvalue weighted by atomic mass is 9.74.